The minimum atomic E-state index is -3.65. The van der Waals surface area contributed by atoms with Crippen molar-refractivity contribution in [3.8, 4) is 0 Å². The van der Waals surface area contributed by atoms with Crippen LogP contribution < -0.4 is 4.72 Å². The highest BCUT2D eigenvalue weighted by Gasteiger charge is 2.15. The zero-order valence-electron chi connectivity index (χ0n) is 8.97. The van der Waals surface area contributed by atoms with E-state index in [0.29, 0.717) is 0 Å². The standard InChI is InChI=1S/C11H8BrClN2O2S/c12-8-3-5-9(6-4-8)18(16,17)15-10-2-1-7-14-11(10)13/h1-7,15H. The van der Waals surface area contributed by atoms with Gasteiger partial charge in [-0.1, -0.05) is 27.5 Å². The van der Waals surface area contributed by atoms with Gasteiger partial charge in [-0.05, 0) is 36.4 Å². The van der Waals surface area contributed by atoms with Gasteiger partial charge in [-0.3, -0.25) is 4.72 Å². The Morgan fingerprint density at radius 1 is 1.17 bits per heavy atom. The number of halogens is 2. The van der Waals surface area contributed by atoms with Crippen molar-refractivity contribution in [3.63, 3.8) is 0 Å². The highest BCUT2D eigenvalue weighted by molar-refractivity contribution is 9.10. The minimum absolute atomic E-state index is 0.109. The van der Waals surface area contributed by atoms with Gasteiger partial charge >= 0.3 is 0 Å². The molecule has 0 bridgehead atoms. The summed E-state index contributed by atoms with van der Waals surface area (Å²) in [7, 11) is -3.65. The number of rotatable bonds is 3. The molecule has 0 saturated carbocycles. The number of pyridine rings is 1. The normalized spacial score (nSPS) is 11.2. The first kappa shape index (κ1) is 13.3. The monoisotopic (exact) mass is 346 g/mol. The van der Waals surface area contributed by atoms with Crippen molar-refractivity contribution in [3.05, 3.63) is 52.2 Å². The molecule has 1 aromatic heterocycles. The molecule has 1 N–H and O–H groups in total. The Kier molecular flexibility index (Phi) is 3.89. The zero-order chi connectivity index (χ0) is 13.2. The number of hydrogen-bond donors (Lipinski definition) is 1. The summed E-state index contributed by atoms with van der Waals surface area (Å²) in [6.07, 6.45) is 1.49. The van der Waals surface area contributed by atoms with Gasteiger partial charge in [0.15, 0.2) is 5.15 Å². The molecule has 1 heterocycles. The maximum absolute atomic E-state index is 12.1. The highest BCUT2D eigenvalue weighted by atomic mass is 79.9. The molecule has 0 spiro atoms. The second-order valence-electron chi connectivity index (χ2n) is 3.40. The van der Waals surface area contributed by atoms with Gasteiger partial charge in [0.25, 0.3) is 10.0 Å². The van der Waals surface area contributed by atoms with Crippen LogP contribution in [0.25, 0.3) is 0 Å². The number of nitrogens with one attached hydrogen (secondary N) is 1. The topological polar surface area (TPSA) is 59.1 Å². The van der Waals surface area contributed by atoms with Gasteiger partial charge in [0, 0.05) is 10.7 Å². The molecule has 94 valence electrons. The van der Waals surface area contributed by atoms with Crippen LogP contribution in [-0.4, -0.2) is 13.4 Å². The number of anilines is 1. The van der Waals surface area contributed by atoms with Gasteiger partial charge < -0.3 is 0 Å². The third kappa shape index (κ3) is 3.01. The van der Waals surface area contributed by atoms with Crippen molar-refractivity contribution in [2.75, 3.05) is 4.72 Å². The van der Waals surface area contributed by atoms with Crippen LogP contribution >= 0.6 is 27.5 Å². The molecular weight excluding hydrogens is 340 g/mol. The molecule has 0 saturated heterocycles. The maximum atomic E-state index is 12.1. The Bertz CT molecular complexity index is 659. The number of benzene rings is 1. The van der Waals surface area contributed by atoms with Crippen molar-refractivity contribution < 1.29 is 8.42 Å². The van der Waals surface area contributed by atoms with E-state index in [4.69, 9.17) is 11.6 Å². The zero-order valence-corrected chi connectivity index (χ0v) is 12.1. The lowest BCUT2D eigenvalue weighted by atomic mass is 10.4. The quantitative estimate of drug-likeness (QED) is 0.867. The van der Waals surface area contributed by atoms with Crippen LogP contribution in [0.15, 0.2) is 52.0 Å². The SMILES string of the molecule is O=S(=O)(Nc1cccnc1Cl)c1ccc(Br)cc1. The van der Waals surface area contributed by atoms with E-state index in [2.05, 4.69) is 25.6 Å². The van der Waals surface area contributed by atoms with Gasteiger partial charge in [0.1, 0.15) is 0 Å². The van der Waals surface area contributed by atoms with Crippen molar-refractivity contribution in [2.45, 2.75) is 4.90 Å². The highest BCUT2D eigenvalue weighted by Crippen LogP contribution is 2.22. The van der Waals surface area contributed by atoms with E-state index in [-0.39, 0.29) is 15.7 Å². The summed E-state index contributed by atoms with van der Waals surface area (Å²) >= 11 is 9.04. The van der Waals surface area contributed by atoms with Crippen LogP contribution in [0.1, 0.15) is 0 Å². The predicted octanol–water partition coefficient (Wildman–Crippen LogP) is 3.30. The average molecular weight is 348 g/mol. The van der Waals surface area contributed by atoms with E-state index in [1.165, 1.54) is 18.3 Å². The summed E-state index contributed by atoms with van der Waals surface area (Å²) in [5.41, 5.74) is 0.252. The summed E-state index contributed by atoms with van der Waals surface area (Å²) in [5, 5.41) is 0.109. The van der Waals surface area contributed by atoms with Crippen LogP contribution in [0.2, 0.25) is 5.15 Å². The largest absolute Gasteiger partial charge is 0.276 e. The lowest BCUT2D eigenvalue weighted by Crippen LogP contribution is -2.13. The Morgan fingerprint density at radius 2 is 1.83 bits per heavy atom. The van der Waals surface area contributed by atoms with Crippen LogP contribution in [-0.2, 0) is 10.0 Å². The van der Waals surface area contributed by atoms with Gasteiger partial charge in [-0.25, -0.2) is 13.4 Å². The molecule has 2 aromatic rings. The summed E-state index contributed by atoms with van der Waals surface area (Å²) in [6.45, 7) is 0. The van der Waals surface area contributed by atoms with E-state index < -0.39 is 10.0 Å². The molecule has 0 atom stereocenters. The Balaban J connectivity index is 2.33. The first-order valence-corrected chi connectivity index (χ1v) is 7.53. The van der Waals surface area contributed by atoms with E-state index >= 15 is 0 Å². The van der Waals surface area contributed by atoms with E-state index in [1.54, 1.807) is 24.3 Å². The molecule has 1 aromatic carbocycles. The third-order valence-electron chi connectivity index (χ3n) is 2.13. The fraction of sp³-hybridized carbons (Fsp3) is 0. The number of hydrogen-bond acceptors (Lipinski definition) is 3. The molecule has 4 nitrogen and oxygen atoms in total. The average Bonchev–Trinajstić information content (AvgIpc) is 2.32. The van der Waals surface area contributed by atoms with Gasteiger partial charge in [-0.15, -0.1) is 0 Å². The molecule has 0 radical (unpaired) electrons. The number of sulfonamides is 1. The van der Waals surface area contributed by atoms with Crippen LogP contribution in [0.4, 0.5) is 5.69 Å². The lowest BCUT2D eigenvalue weighted by Gasteiger charge is -2.08. The Morgan fingerprint density at radius 3 is 2.44 bits per heavy atom. The Labute approximate surface area is 118 Å². The summed E-state index contributed by atoms with van der Waals surface area (Å²) in [4.78, 5) is 3.96. The number of nitrogens with zero attached hydrogens (tertiary/aromatic N) is 1. The predicted molar refractivity (Wildman–Crippen MR) is 74.2 cm³/mol. The van der Waals surface area contributed by atoms with E-state index in [9.17, 15) is 8.42 Å². The molecule has 0 fully saturated rings. The van der Waals surface area contributed by atoms with E-state index in [0.717, 1.165) is 4.47 Å². The van der Waals surface area contributed by atoms with Crippen LogP contribution in [0, 0.1) is 0 Å². The van der Waals surface area contributed by atoms with Gasteiger partial charge in [-0.2, -0.15) is 0 Å². The van der Waals surface area contributed by atoms with Crippen molar-refractivity contribution in [1.82, 2.24) is 4.98 Å². The van der Waals surface area contributed by atoms with Crippen LogP contribution in [0.3, 0.4) is 0 Å². The molecular formula is C11H8BrClN2O2S. The van der Waals surface area contributed by atoms with Crippen molar-refractivity contribution >= 4 is 43.2 Å². The molecule has 0 amide bonds. The lowest BCUT2D eigenvalue weighted by molar-refractivity contribution is 0.601. The molecule has 0 aliphatic carbocycles. The minimum Gasteiger partial charge on any atom is -0.276 e. The van der Waals surface area contributed by atoms with Gasteiger partial charge in [0.2, 0.25) is 0 Å². The fourth-order valence-electron chi connectivity index (χ4n) is 1.28. The number of aromatic nitrogens is 1. The first-order valence-electron chi connectivity index (χ1n) is 4.88. The maximum Gasteiger partial charge on any atom is 0.261 e. The Hall–Kier alpha value is -1.11. The fourth-order valence-corrected chi connectivity index (χ4v) is 2.83. The second kappa shape index (κ2) is 5.26. The van der Waals surface area contributed by atoms with E-state index in [1.807, 2.05) is 0 Å². The molecule has 0 aliphatic rings. The molecule has 0 aliphatic heterocycles. The van der Waals surface area contributed by atoms with Crippen molar-refractivity contribution in [1.29, 1.82) is 0 Å². The molecule has 0 unspecified atom stereocenters. The molecule has 18 heavy (non-hydrogen) atoms. The smallest absolute Gasteiger partial charge is 0.261 e. The summed E-state index contributed by atoms with van der Waals surface area (Å²) in [5.74, 6) is 0. The second-order valence-corrected chi connectivity index (χ2v) is 6.36. The molecule has 2 rings (SSSR count). The van der Waals surface area contributed by atoms with Gasteiger partial charge in [0.05, 0.1) is 10.6 Å². The van der Waals surface area contributed by atoms with Crippen molar-refractivity contribution in [2.24, 2.45) is 0 Å². The third-order valence-corrected chi connectivity index (χ3v) is 4.34. The van der Waals surface area contributed by atoms with Crippen LogP contribution in [0.5, 0.6) is 0 Å². The molecule has 7 heteroatoms. The summed E-state index contributed by atoms with van der Waals surface area (Å²) < 4.78 is 27.3. The summed E-state index contributed by atoms with van der Waals surface area (Å²) in [6, 6.07) is 9.45. The first-order chi connectivity index (χ1) is 8.49.